The molecule has 0 bridgehead atoms. The Balaban J connectivity index is 3.59. The second-order valence-corrected chi connectivity index (χ2v) is 6.47. The molecule has 0 spiro atoms. The van der Waals surface area contributed by atoms with Gasteiger partial charge in [0.05, 0.1) is 10.6 Å². The van der Waals surface area contributed by atoms with E-state index in [1.54, 1.807) is 0 Å². The lowest BCUT2D eigenvalue weighted by Crippen LogP contribution is -2.07. The van der Waals surface area contributed by atoms with Gasteiger partial charge in [-0.2, -0.15) is 13.2 Å². The summed E-state index contributed by atoms with van der Waals surface area (Å²) in [5.41, 5.74) is -1.15. The van der Waals surface area contributed by atoms with Gasteiger partial charge in [-0.25, -0.2) is 8.42 Å². The third-order valence-electron chi connectivity index (χ3n) is 1.58. The second-order valence-electron chi connectivity index (χ2n) is 2.71. The van der Waals surface area contributed by atoms with E-state index in [1.165, 1.54) is 0 Å². The first kappa shape index (κ1) is 14.1. The molecule has 0 unspecified atom stereocenters. The van der Waals surface area contributed by atoms with Crippen LogP contribution in [0.15, 0.2) is 21.5 Å². The highest BCUT2D eigenvalue weighted by atomic mass is 79.9. The first-order valence-corrected chi connectivity index (χ1v) is 7.02. The zero-order chi connectivity index (χ0) is 12.7. The average Bonchev–Trinajstić information content (AvgIpc) is 2.05. The highest BCUT2D eigenvalue weighted by Crippen LogP contribution is 2.38. The molecular weight excluding hydrogens is 356 g/mol. The minimum absolute atomic E-state index is 0.191. The fraction of sp³-hybridized carbons (Fsp3) is 0.143. The van der Waals surface area contributed by atoms with E-state index in [9.17, 15) is 21.6 Å². The van der Waals surface area contributed by atoms with Crippen molar-refractivity contribution in [2.75, 3.05) is 0 Å². The van der Waals surface area contributed by atoms with E-state index >= 15 is 0 Å². The van der Waals surface area contributed by atoms with Gasteiger partial charge in [0.15, 0.2) is 0 Å². The zero-order valence-corrected chi connectivity index (χ0v) is 11.1. The van der Waals surface area contributed by atoms with Crippen LogP contribution in [0.5, 0.6) is 0 Å². The number of rotatable bonds is 1. The lowest BCUT2D eigenvalue weighted by molar-refractivity contribution is -0.137. The summed E-state index contributed by atoms with van der Waals surface area (Å²) >= 11 is 8.25. The Kier molecular flexibility index (Phi) is 3.84. The quantitative estimate of drug-likeness (QED) is 0.710. The van der Waals surface area contributed by atoms with Crippen LogP contribution >= 0.6 is 38.2 Å². The molecule has 9 heteroatoms. The lowest BCUT2D eigenvalue weighted by atomic mass is 10.2. The van der Waals surface area contributed by atoms with E-state index in [0.717, 1.165) is 0 Å². The van der Waals surface area contributed by atoms with Crippen LogP contribution in [-0.2, 0) is 15.2 Å². The summed E-state index contributed by atoms with van der Waals surface area (Å²) in [5.74, 6) is 0. The molecule has 0 radical (unpaired) electrons. The number of hydrogen-bond acceptors (Lipinski definition) is 2. The van der Waals surface area contributed by atoms with Gasteiger partial charge >= 0.3 is 6.18 Å². The van der Waals surface area contributed by atoms with E-state index in [-0.39, 0.29) is 9.50 Å². The van der Waals surface area contributed by atoms with Crippen molar-refractivity contribution in [3.05, 3.63) is 27.2 Å². The molecule has 0 saturated carbocycles. The van der Waals surface area contributed by atoms with Gasteiger partial charge in [0.2, 0.25) is 0 Å². The second kappa shape index (κ2) is 4.36. The topological polar surface area (TPSA) is 34.1 Å². The zero-order valence-electron chi connectivity index (χ0n) is 7.15. The molecule has 0 heterocycles. The summed E-state index contributed by atoms with van der Waals surface area (Å²) in [6.45, 7) is 0. The fourth-order valence-corrected chi connectivity index (χ4v) is 2.99. The SMILES string of the molecule is O=S(=O)(Cl)c1cc(C(F)(F)F)cc(Br)c1Cl. The number of alkyl halides is 3. The van der Waals surface area contributed by atoms with Crippen LogP contribution in [0.4, 0.5) is 13.2 Å². The number of hydrogen-bond donors (Lipinski definition) is 0. The summed E-state index contributed by atoms with van der Waals surface area (Å²) in [6, 6.07) is 1.06. The third kappa shape index (κ3) is 3.03. The molecule has 0 N–H and O–H groups in total. The van der Waals surface area contributed by atoms with Crippen molar-refractivity contribution in [2.45, 2.75) is 11.1 Å². The monoisotopic (exact) mass is 356 g/mol. The predicted molar refractivity (Wildman–Crippen MR) is 57.2 cm³/mol. The predicted octanol–water partition coefficient (Wildman–Crippen LogP) is 4.05. The Hall–Kier alpha value is 0.0200. The number of benzene rings is 1. The highest BCUT2D eigenvalue weighted by molar-refractivity contribution is 9.10. The van der Waals surface area contributed by atoms with Crippen molar-refractivity contribution < 1.29 is 21.6 Å². The molecule has 1 aromatic rings. The molecule has 0 amide bonds. The molecule has 0 aliphatic rings. The van der Waals surface area contributed by atoms with Crippen LogP contribution < -0.4 is 0 Å². The largest absolute Gasteiger partial charge is 0.416 e. The Labute approximate surface area is 107 Å². The van der Waals surface area contributed by atoms with Crippen LogP contribution in [0.25, 0.3) is 0 Å². The molecule has 16 heavy (non-hydrogen) atoms. The summed E-state index contributed by atoms with van der Waals surface area (Å²) in [4.78, 5) is -0.780. The maximum Gasteiger partial charge on any atom is 0.416 e. The molecule has 2 nitrogen and oxygen atoms in total. The van der Waals surface area contributed by atoms with Gasteiger partial charge in [-0.15, -0.1) is 0 Å². The molecular formula is C7H2BrCl2F3O2S. The van der Waals surface area contributed by atoms with Gasteiger partial charge in [0.25, 0.3) is 9.05 Å². The third-order valence-corrected chi connectivity index (χ3v) is 4.30. The van der Waals surface area contributed by atoms with E-state index in [4.69, 9.17) is 22.3 Å². The maximum absolute atomic E-state index is 12.4. The minimum atomic E-state index is -4.68. The molecule has 0 aliphatic carbocycles. The summed E-state index contributed by atoms with van der Waals surface area (Å²) in [6.07, 6.45) is -4.68. The van der Waals surface area contributed by atoms with Crippen molar-refractivity contribution in [3.63, 3.8) is 0 Å². The lowest BCUT2D eigenvalue weighted by Gasteiger charge is -2.10. The van der Waals surface area contributed by atoms with Crippen LogP contribution in [0.3, 0.4) is 0 Å². The van der Waals surface area contributed by atoms with Crippen LogP contribution in [-0.4, -0.2) is 8.42 Å². The van der Waals surface area contributed by atoms with Crippen LogP contribution in [0, 0.1) is 0 Å². The van der Waals surface area contributed by atoms with Gasteiger partial charge in [0.1, 0.15) is 4.90 Å². The van der Waals surface area contributed by atoms with Gasteiger partial charge in [-0.05, 0) is 28.1 Å². The summed E-state index contributed by atoms with van der Waals surface area (Å²) in [5, 5.41) is -0.386. The van der Waals surface area contributed by atoms with E-state index in [0.29, 0.717) is 12.1 Å². The fourth-order valence-electron chi connectivity index (χ4n) is 0.905. The van der Waals surface area contributed by atoms with Crippen LogP contribution in [0.1, 0.15) is 5.56 Å². The Morgan fingerprint density at radius 2 is 1.75 bits per heavy atom. The Morgan fingerprint density at radius 1 is 1.25 bits per heavy atom. The standard InChI is InChI=1S/C7H2BrCl2F3O2S/c8-4-1-3(7(11,12)13)2-5(6(4)9)16(10,14)15/h1-2H. The first-order valence-electron chi connectivity index (χ1n) is 3.54. The van der Waals surface area contributed by atoms with E-state index in [2.05, 4.69) is 15.9 Å². The molecule has 0 aromatic heterocycles. The Morgan fingerprint density at radius 3 is 2.12 bits per heavy atom. The van der Waals surface area contributed by atoms with E-state index in [1.807, 2.05) is 0 Å². The van der Waals surface area contributed by atoms with Crippen molar-refractivity contribution in [1.82, 2.24) is 0 Å². The van der Waals surface area contributed by atoms with Gasteiger partial charge in [0, 0.05) is 15.2 Å². The molecule has 0 fully saturated rings. The minimum Gasteiger partial charge on any atom is -0.207 e. The van der Waals surface area contributed by atoms with Crippen molar-refractivity contribution in [1.29, 1.82) is 0 Å². The maximum atomic E-state index is 12.4. The summed E-state index contributed by atoms with van der Waals surface area (Å²) < 4.78 is 58.9. The first-order chi connectivity index (χ1) is 7.03. The Bertz CT molecular complexity index is 527. The molecule has 0 aliphatic heterocycles. The van der Waals surface area contributed by atoms with Gasteiger partial charge < -0.3 is 0 Å². The van der Waals surface area contributed by atoms with Gasteiger partial charge in [-0.3, -0.25) is 0 Å². The molecule has 0 saturated heterocycles. The van der Waals surface area contributed by atoms with Crippen molar-refractivity contribution in [2.24, 2.45) is 0 Å². The molecule has 1 aromatic carbocycles. The van der Waals surface area contributed by atoms with E-state index < -0.39 is 25.7 Å². The number of halogens is 6. The highest BCUT2D eigenvalue weighted by Gasteiger charge is 2.33. The average molecular weight is 358 g/mol. The normalized spacial score (nSPS) is 12.9. The summed E-state index contributed by atoms with van der Waals surface area (Å²) in [7, 11) is 0.629. The molecule has 0 atom stereocenters. The van der Waals surface area contributed by atoms with Crippen LogP contribution in [0.2, 0.25) is 5.02 Å². The molecule has 90 valence electrons. The van der Waals surface area contributed by atoms with Gasteiger partial charge in [-0.1, -0.05) is 11.6 Å². The van der Waals surface area contributed by atoms with Crippen molar-refractivity contribution in [3.8, 4) is 0 Å². The molecule has 1 rings (SSSR count). The van der Waals surface area contributed by atoms with Crippen molar-refractivity contribution >= 4 is 47.3 Å². The smallest absolute Gasteiger partial charge is 0.207 e.